The van der Waals surface area contributed by atoms with Crippen LogP contribution in [0.4, 0.5) is 11.5 Å². The monoisotopic (exact) mass is 585 g/mol. The molecule has 6 rings (SSSR count). The summed E-state index contributed by atoms with van der Waals surface area (Å²) >= 11 is 6.93. The molecular weight excluding hydrogens is 554 g/mol. The molecule has 1 fully saturated rings. The fourth-order valence-electron chi connectivity index (χ4n) is 6.19. The van der Waals surface area contributed by atoms with Crippen LogP contribution in [0.25, 0.3) is 0 Å². The number of amides is 1. The molecule has 1 spiro atoms. The van der Waals surface area contributed by atoms with Crippen molar-refractivity contribution in [2.45, 2.75) is 50.9 Å². The second-order valence-electron chi connectivity index (χ2n) is 10.7. The molecule has 2 aromatic heterocycles. The lowest BCUT2D eigenvalue weighted by Gasteiger charge is -2.42. The summed E-state index contributed by atoms with van der Waals surface area (Å²) in [7, 11) is 3.24. The summed E-state index contributed by atoms with van der Waals surface area (Å²) in [6.07, 6.45) is 7.29. The number of halogens is 1. The molecule has 10 heteroatoms. The Morgan fingerprint density at radius 3 is 2.14 bits per heavy atom. The number of aromatic nitrogens is 3. The van der Waals surface area contributed by atoms with E-state index >= 15 is 0 Å². The van der Waals surface area contributed by atoms with Gasteiger partial charge < -0.3 is 19.3 Å². The third kappa shape index (κ3) is 4.87. The summed E-state index contributed by atoms with van der Waals surface area (Å²) in [4.78, 5) is 40.9. The second-order valence-corrected chi connectivity index (χ2v) is 11.1. The molecule has 42 heavy (non-hydrogen) atoms. The van der Waals surface area contributed by atoms with Crippen LogP contribution in [-0.4, -0.2) is 39.6 Å². The average Bonchev–Trinajstić information content (AvgIpc) is 3.26. The fourth-order valence-corrected chi connectivity index (χ4v) is 6.46. The highest BCUT2D eigenvalue weighted by molar-refractivity contribution is 6.34. The first-order chi connectivity index (χ1) is 20.4. The van der Waals surface area contributed by atoms with Crippen molar-refractivity contribution >= 4 is 29.0 Å². The molecule has 1 saturated carbocycles. The molecule has 3 heterocycles. The van der Waals surface area contributed by atoms with Crippen LogP contribution in [0, 0.1) is 0 Å². The molecule has 0 atom stereocenters. The lowest BCUT2D eigenvalue weighted by molar-refractivity contribution is 0.00842. The van der Waals surface area contributed by atoms with Crippen molar-refractivity contribution in [2.24, 2.45) is 0 Å². The SMILES string of the molecule is COc1ccc(CN(c2ccncn2)c2cc(Cl)c3n(c2=O)C2(CCCCC2)N(Cc2ccc(OC)cc2)C3=O)cc1. The molecule has 0 saturated heterocycles. The number of ether oxygens (including phenoxy) is 2. The number of nitrogens with zero attached hydrogens (tertiary/aromatic N) is 5. The van der Waals surface area contributed by atoms with Crippen LogP contribution in [0.15, 0.2) is 78.0 Å². The zero-order chi connectivity index (χ0) is 29.3. The number of carbonyl (C=O) groups is 1. The summed E-state index contributed by atoms with van der Waals surface area (Å²) in [5.41, 5.74) is 1.41. The summed E-state index contributed by atoms with van der Waals surface area (Å²) in [5, 5.41) is 0.241. The molecule has 1 aliphatic carbocycles. The number of benzene rings is 2. The van der Waals surface area contributed by atoms with Crippen LogP contribution in [-0.2, 0) is 18.8 Å². The van der Waals surface area contributed by atoms with E-state index in [2.05, 4.69) is 9.97 Å². The van der Waals surface area contributed by atoms with Gasteiger partial charge in [0.2, 0.25) is 0 Å². The van der Waals surface area contributed by atoms with Gasteiger partial charge in [-0.2, -0.15) is 0 Å². The molecule has 2 aliphatic rings. The molecule has 4 aromatic rings. The third-order valence-corrected chi connectivity index (χ3v) is 8.58. The highest BCUT2D eigenvalue weighted by Crippen LogP contribution is 2.46. The highest BCUT2D eigenvalue weighted by Gasteiger charge is 2.52. The minimum atomic E-state index is -0.807. The van der Waals surface area contributed by atoms with Crippen LogP contribution >= 0.6 is 11.6 Å². The minimum Gasteiger partial charge on any atom is -0.497 e. The number of carbonyl (C=O) groups excluding carboxylic acids is 1. The third-order valence-electron chi connectivity index (χ3n) is 8.29. The summed E-state index contributed by atoms with van der Waals surface area (Å²) < 4.78 is 12.3. The number of hydrogen-bond donors (Lipinski definition) is 0. The zero-order valence-electron chi connectivity index (χ0n) is 23.6. The quantitative estimate of drug-likeness (QED) is 0.253. The molecule has 216 valence electrons. The fraction of sp³-hybridized carbons (Fsp3) is 0.312. The molecule has 1 aliphatic heterocycles. The Bertz CT molecular complexity index is 1640. The molecular formula is C32H32ClN5O4. The van der Waals surface area contributed by atoms with E-state index in [0.29, 0.717) is 37.4 Å². The maximum Gasteiger partial charge on any atom is 0.277 e. The predicted octanol–water partition coefficient (Wildman–Crippen LogP) is 5.92. The normalized spacial score (nSPS) is 15.5. The number of methoxy groups -OCH3 is 2. The average molecular weight is 586 g/mol. The lowest BCUT2D eigenvalue weighted by atomic mass is 9.87. The molecule has 1 amide bonds. The van der Waals surface area contributed by atoms with Crippen molar-refractivity contribution in [3.63, 3.8) is 0 Å². The molecule has 0 unspecified atom stereocenters. The van der Waals surface area contributed by atoms with Gasteiger partial charge in [-0.15, -0.1) is 0 Å². The summed E-state index contributed by atoms with van der Waals surface area (Å²) in [5.74, 6) is 1.80. The van der Waals surface area contributed by atoms with E-state index in [1.807, 2.05) is 58.3 Å². The number of pyridine rings is 1. The van der Waals surface area contributed by atoms with Crippen molar-refractivity contribution < 1.29 is 14.3 Å². The van der Waals surface area contributed by atoms with Crippen molar-refractivity contribution in [1.82, 2.24) is 19.4 Å². The van der Waals surface area contributed by atoms with Gasteiger partial charge in [0.1, 0.15) is 40.7 Å². The first kappa shape index (κ1) is 27.8. The van der Waals surface area contributed by atoms with E-state index in [4.69, 9.17) is 21.1 Å². The van der Waals surface area contributed by atoms with E-state index in [1.165, 1.54) is 6.33 Å². The van der Waals surface area contributed by atoms with Gasteiger partial charge in [0.15, 0.2) is 0 Å². The van der Waals surface area contributed by atoms with Crippen molar-refractivity contribution in [2.75, 3.05) is 19.1 Å². The van der Waals surface area contributed by atoms with E-state index < -0.39 is 5.66 Å². The van der Waals surface area contributed by atoms with Gasteiger partial charge in [-0.1, -0.05) is 42.3 Å². The smallest absolute Gasteiger partial charge is 0.277 e. The van der Waals surface area contributed by atoms with E-state index in [-0.39, 0.29) is 22.2 Å². The number of rotatable bonds is 8. The number of hydrogen-bond acceptors (Lipinski definition) is 7. The van der Waals surface area contributed by atoms with Crippen molar-refractivity contribution in [3.8, 4) is 11.5 Å². The van der Waals surface area contributed by atoms with Crippen LogP contribution in [0.2, 0.25) is 5.02 Å². The molecule has 0 N–H and O–H groups in total. The molecule has 9 nitrogen and oxygen atoms in total. The summed E-state index contributed by atoms with van der Waals surface area (Å²) in [6.45, 7) is 0.708. The Balaban J connectivity index is 1.47. The molecule has 2 aromatic carbocycles. The van der Waals surface area contributed by atoms with Gasteiger partial charge in [-0.25, -0.2) is 9.97 Å². The van der Waals surface area contributed by atoms with Crippen LogP contribution in [0.1, 0.15) is 53.7 Å². The standard InChI is InChI=1S/C32H32ClN5O4/c1-41-24-10-6-22(7-11-24)19-36(28-14-17-34-21-35-28)27-18-26(33)29-31(40)37(20-23-8-12-25(42-2)13-9-23)32(38(29)30(27)39)15-4-3-5-16-32/h6-14,17-18,21H,3-5,15-16,19-20H2,1-2H3. The Morgan fingerprint density at radius 1 is 0.905 bits per heavy atom. The van der Waals surface area contributed by atoms with Gasteiger partial charge in [-0.3, -0.25) is 14.2 Å². The molecule has 0 bridgehead atoms. The van der Waals surface area contributed by atoms with Gasteiger partial charge in [0, 0.05) is 19.3 Å². The topological polar surface area (TPSA) is 89.8 Å². The van der Waals surface area contributed by atoms with Gasteiger partial charge >= 0.3 is 0 Å². The number of fused-ring (bicyclic) bond motifs is 2. The van der Waals surface area contributed by atoms with Crippen molar-refractivity contribution in [3.05, 3.63) is 105 Å². The Hall–Kier alpha value is -4.37. The lowest BCUT2D eigenvalue weighted by Crippen LogP contribution is -2.51. The first-order valence-corrected chi connectivity index (χ1v) is 14.4. The second kappa shape index (κ2) is 11.5. The highest BCUT2D eigenvalue weighted by atomic mass is 35.5. The van der Waals surface area contributed by atoms with Gasteiger partial charge in [0.25, 0.3) is 11.5 Å². The van der Waals surface area contributed by atoms with Crippen LogP contribution in [0.5, 0.6) is 11.5 Å². The van der Waals surface area contributed by atoms with Gasteiger partial charge in [0.05, 0.1) is 19.2 Å². The zero-order valence-corrected chi connectivity index (χ0v) is 24.4. The predicted molar refractivity (Wildman–Crippen MR) is 161 cm³/mol. The first-order valence-electron chi connectivity index (χ1n) is 14.0. The van der Waals surface area contributed by atoms with Gasteiger partial charge in [-0.05, 0) is 73.2 Å². The van der Waals surface area contributed by atoms with E-state index in [1.54, 1.807) is 37.1 Å². The Morgan fingerprint density at radius 2 is 1.55 bits per heavy atom. The maximum atomic E-state index is 14.6. The summed E-state index contributed by atoms with van der Waals surface area (Å²) in [6, 6.07) is 18.7. The van der Waals surface area contributed by atoms with E-state index in [0.717, 1.165) is 41.9 Å². The van der Waals surface area contributed by atoms with E-state index in [9.17, 15) is 9.59 Å². The Kier molecular flexibility index (Phi) is 7.60. The largest absolute Gasteiger partial charge is 0.497 e. The minimum absolute atomic E-state index is 0.231. The van der Waals surface area contributed by atoms with Crippen molar-refractivity contribution in [1.29, 1.82) is 0 Å². The van der Waals surface area contributed by atoms with Crippen LogP contribution < -0.4 is 19.9 Å². The maximum absolute atomic E-state index is 14.6. The molecule has 0 radical (unpaired) electrons. The van der Waals surface area contributed by atoms with Crippen LogP contribution in [0.3, 0.4) is 0 Å². The Labute approximate surface area is 249 Å². The number of anilines is 2.